The monoisotopic (exact) mass is 558 g/mol. The Hall–Kier alpha value is -1.98. The lowest BCUT2D eigenvalue weighted by Gasteiger charge is -2.33. The second-order valence-electron chi connectivity index (χ2n) is 8.72. The molecule has 0 amide bonds. The van der Waals surface area contributed by atoms with Gasteiger partial charge in [0.05, 0.1) is 19.6 Å². The first kappa shape index (κ1) is 36.0. The topological polar surface area (TPSA) is 145 Å². The van der Waals surface area contributed by atoms with Gasteiger partial charge in [-0.15, -0.1) is 0 Å². The van der Waals surface area contributed by atoms with E-state index in [0.29, 0.717) is 64.8 Å². The third-order valence-electron chi connectivity index (χ3n) is 5.83. The summed E-state index contributed by atoms with van der Waals surface area (Å²) in [6.45, 7) is 10.2. The number of aliphatic carboxylic acids is 2. The van der Waals surface area contributed by atoms with Crippen LogP contribution in [0.3, 0.4) is 0 Å². The zero-order valence-corrected chi connectivity index (χ0v) is 24.2. The van der Waals surface area contributed by atoms with Crippen molar-refractivity contribution >= 4 is 26.4 Å². The van der Waals surface area contributed by atoms with E-state index >= 15 is 0 Å². The van der Waals surface area contributed by atoms with E-state index < -0.39 is 20.1 Å². The molecule has 11 nitrogen and oxygen atoms in total. The molecule has 0 bridgehead atoms. The number of carbonyl (C=O) groups excluding carboxylic acids is 1. The number of benzene rings is 1. The van der Waals surface area contributed by atoms with Gasteiger partial charge in [0, 0.05) is 80.1 Å². The largest absolute Gasteiger partial charge is 0.480 e. The van der Waals surface area contributed by atoms with Gasteiger partial charge in [-0.2, -0.15) is 0 Å². The van der Waals surface area contributed by atoms with Gasteiger partial charge in [-0.25, -0.2) is 0 Å². The number of aliphatic hydroxyl groups is 1. The summed E-state index contributed by atoms with van der Waals surface area (Å²) in [4.78, 5) is 52.3. The Morgan fingerprint density at radius 1 is 0.789 bits per heavy atom. The average Bonchev–Trinajstić information content (AvgIpc) is 2.88. The van der Waals surface area contributed by atoms with Crippen molar-refractivity contribution < 1.29 is 34.6 Å². The average molecular weight is 559 g/mol. The van der Waals surface area contributed by atoms with Crippen LogP contribution in [0.1, 0.15) is 25.0 Å². The molecule has 1 unspecified atom stereocenters. The molecule has 0 aliphatic carbocycles. The minimum atomic E-state index is -1.30. The quantitative estimate of drug-likeness (QED) is 0.242. The van der Waals surface area contributed by atoms with E-state index in [4.69, 9.17) is 5.11 Å². The molecule has 1 aliphatic rings. The predicted molar refractivity (Wildman–Crippen MR) is 151 cm³/mol. The van der Waals surface area contributed by atoms with E-state index in [0.717, 1.165) is 24.5 Å². The summed E-state index contributed by atoms with van der Waals surface area (Å²) in [6.07, 6.45) is 1.86. The normalized spacial score (nSPS) is 17.4. The molecule has 1 heterocycles. The number of aryl methyl sites for hydroxylation is 1. The molecule has 1 aromatic rings. The minimum Gasteiger partial charge on any atom is -0.480 e. The fourth-order valence-corrected chi connectivity index (χ4v) is 5.37. The number of carboxylic acid groups (broad SMARTS) is 2. The van der Waals surface area contributed by atoms with E-state index in [-0.39, 0.29) is 19.6 Å². The Labute approximate surface area is 228 Å². The highest BCUT2D eigenvalue weighted by atomic mass is 31.1. The van der Waals surface area contributed by atoms with Crippen LogP contribution in [0, 0.1) is 6.92 Å². The molecule has 0 spiro atoms. The van der Waals surface area contributed by atoms with Crippen molar-refractivity contribution in [3.05, 3.63) is 35.4 Å². The molecule has 1 fully saturated rings. The molecule has 0 radical (unpaired) electrons. The number of hydrogen-bond donors (Lipinski definition) is 4. The number of carbonyl (C=O) groups is 3. The number of aldehydes is 1. The van der Waals surface area contributed by atoms with E-state index in [2.05, 4.69) is 4.90 Å². The lowest BCUT2D eigenvalue weighted by molar-refractivity contribution is -0.139. The highest BCUT2D eigenvalue weighted by Gasteiger charge is 2.20. The molecule has 1 aliphatic heterocycles. The fourth-order valence-electron chi connectivity index (χ4n) is 3.89. The molecule has 1 atom stereocenters. The smallest absolute Gasteiger partial charge is 0.317 e. The highest BCUT2D eigenvalue weighted by molar-refractivity contribution is 7.50. The lowest BCUT2D eigenvalue weighted by Crippen LogP contribution is -2.48. The van der Waals surface area contributed by atoms with Crippen LogP contribution in [-0.4, -0.2) is 143 Å². The van der Waals surface area contributed by atoms with Gasteiger partial charge in [0.2, 0.25) is 0 Å². The first-order valence-corrected chi connectivity index (χ1v) is 14.6. The van der Waals surface area contributed by atoms with Crippen LogP contribution in [0.15, 0.2) is 24.3 Å². The first-order chi connectivity index (χ1) is 18.2. The van der Waals surface area contributed by atoms with Crippen LogP contribution in [0.2, 0.25) is 0 Å². The van der Waals surface area contributed by atoms with Crippen molar-refractivity contribution in [3.8, 4) is 0 Å². The Balaban J connectivity index is 0.00000326. The maximum atomic E-state index is 11.4. The second-order valence-corrected chi connectivity index (χ2v) is 10.3. The van der Waals surface area contributed by atoms with E-state index in [1.165, 1.54) is 0 Å². The highest BCUT2D eigenvalue weighted by Crippen LogP contribution is 2.35. The standard InChI is InChI=1S/C23H37N4O6P.C2H6.CH4O/c1-20-2-4-21(5-3-20)18-34(33)19-27-12-10-25(16-22(29)30)8-6-24(14-15-28)7-9-26(11-13-27)17-23(31)32;2*1-2/h2-5,15,33H,6-14,16-19H2,1H3,(H,29,30)(H,31,32);1-2H3;2H,1H3. The second kappa shape index (κ2) is 21.9. The number of hydrogen-bond acceptors (Lipinski definition) is 9. The van der Waals surface area contributed by atoms with Gasteiger partial charge in [-0.3, -0.25) is 29.2 Å². The summed E-state index contributed by atoms with van der Waals surface area (Å²) in [7, 11) is -0.302. The number of aliphatic hydroxyl groups excluding tert-OH is 1. The van der Waals surface area contributed by atoms with Gasteiger partial charge in [0.1, 0.15) is 6.29 Å². The van der Waals surface area contributed by atoms with Crippen LogP contribution in [0.5, 0.6) is 0 Å². The summed E-state index contributed by atoms with van der Waals surface area (Å²) in [6, 6.07) is 8.09. The minimum absolute atomic E-state index is 0.0921. The van der Waals surface area contributed by atoms with Gasteiger partial charge >= 0.3 is 11.9 Å². The van der Waals surface area contributed by atoms with E-state index in [1.54, 1.807) is 0 Å². The maximum absolute atomic E-state index is 11.4. The Kier molecular flexibility index (Phi) is 20.8. The molecule has 12 heteroatoms. The first-order valence-electron chi connectivity index (χ1n) is 13.0. The van der Waals surface area contributed by atoms with Crippen molar-refractivity contribution in [2.24, 2.45) is 0 Å². The summed E-state index contributed by atoms with van der Waals surface area (Å²) >= 11 is 0. The Bertz CT molecular complexity index is 753. The number of carboxylic acids is 2. The summed E-state index contributed by atoms with van der Waals surface area (Å²) < 4.78 is 0. The molecule has 2 rings (SSSR count). The third-order valence-corrected chi connectivity index (χ3v) is 7.29. The SMILES string of the molecule is CC.CO.Cc1ccc(CP(O)CN2CCN(CC(=O)O)CCN(CC=O)CCN(CC(=O)O)CC2)cc1. The molecule has 4 N–H and O–H groups in total. The molecular weight excluding hydrogens is 511 g/mol. The summed E-state index contributed by atoms with van der Waals surface area (Å²) in [5.41, 5.74) is 2.24. The van der Waals surface area contributed by atoms with Crippen molar-refractivity contribution in [3.63, 3.8) is 0 Å². The molecule has 218 valence electrons. The van der Waals surface area contributed by atoms with Gasteiger partial charge in [0.15, 0.2) is 0 Å². The van der Waals surface area contributed by atoms with Crippen molar-refractivity contribution in [1.82, 2.24) is 19.6 Å². The van der Waals surface area contributed by atoms with Crippen LogP contribution in [0.25, 0.3) is 0 Å². The molecular formula is C26H47N4O7P. The summed E-state index contributed by atoms with van der Waals surface area (Å²) in [5, 5.41) is 25.6. The lowest BCUT2D eigenvalue weighted by atomic mass is 10.2. The molecule has 1 saturated heterocycles. The van der Waals surface area contributed by atoms with Crippen LogP contribution < -0.4 is 0 Å². The van der Waals surface area contributed by atoms with Crippen LogP contribution in [0.4, 0.5) is 0 Å². The van der Waals surface area contributed by atoms with Crippen LogP contribution in [-0.2, 0) is 20.5 Å². The molecule has 38 heavy (non-hydrogen) atoms. The number of nitrogens with zero attached hydrogens (tertiary/aromatic N) is 4. The van der Waals surface area contributed by atoms with Crippen LogP contribution >= 0.6 is 8.15 Å². The zero-order chi connectivity index (χ0) is 28.9. The molecule has 0 saturated carbocycles. The van der Waals surface area contributed by atoms with Crippen molar-refractivity contribution in [2.45, 2.75) is 26.9 Å². The van der Waals surface area contributed by atoms with Crippen molar-refractivity contribution in [1.29, 1.82) is 0 Å². The Morgan fingerprint density at radius 2 is 1.18 bits per heavy atom. The predicted octanol–water partition coefficient (Wildman–Crippen LogP) is 1.07. The van der Waals surface area contributed by atoms with E-state index in [1.807, 2.05) is 59.7 Å². The van der Waals surface area contributed by atoms with E-state index in [9.17, 15) is 29.5 Å². The van der Waals surface area contributed by atoms with Gasteiger partial charge in [0.25, 0.3) is 0 Å². The zero-order valence-electron chi connectivity index (χ0n) is 23.3. The van der Waals surface area contributed by atoms with Crippen molar-refractivity contribution in [2.75, 3.05) is 85.4 Å². The third kappa shape index (κ3) is 16.8. The Morgan fingerprint density at radius 3 is 1.58 bits per heavy atom. The van der Waals surface area contributed by atoms with Gasteiger partial charge in [-0.1, -0.05) is 43.7 Å². The fraction of sp³-hybridized carbons (Fsp3) is 0.654. The molecule has 1 aromatic carbocycles. The van der Waals surface area contributed by atoms with Gasteiger partial charge in [-0.05, 0) is 12.5 Å². The van der Waals surface area contributed by atoms with Gasteiger partial charge < -0.3 is 25.0 Å². The summed E-state index contributed by atoms with van der Waals surface area (Å²) in [5.74, 6) is -1.81. The maximum Gasteiger partial charge on any atom is 0.317 e. The molecule has 0 aromatic heterocycles. The number of rotatable bonds is 10.